The average Bonchev–Trinajstić information content (AvgIpc) is 3.47. The number of nitrogens with one attached hydrogen (secondary N) is 1. The lowest BCUT2D eigenvalue weighted by atomic mass is 10.0. The zero-order valence-corrected chi connectivity index (χ0v) is 22.8. The normalized spacial score (nSPS) is 12.2. The van der Waals surface area contributed by atoms with Crippen molar-refractivity contribution in [2.45, 2.75) is 44.8 Å². The van der Waals surface area contributed by atoms with Gasteiger partial charge in [0, 0.05) is 29.9 Å². The number of ether oxygens (including phenoxy) is 4. The molecule has 0 saturated heterocycles. The van der Waals surface area contributed by atoms with Gasteiger partial charge in [-0.1, -0.05) is 18.2 Å². The zero-order valence-electron chi connectivity index (χ0n) is 22.8. The summed E-state index contributed by atoms with van der Waals surface area (Å²) in [5.74, 6) is -0.782. The number of hydrogen-bond donors (Lipinski definition) is 1. The van der Waals surface area contributed by atoms with Crippen LogP contribution in [0.25, 0.3) is 10.9 Å². The standard InChI is InChI=1S/C32H31NO8/c1-21(39-32(37)23-12-17-27-22(20-23)18-19-33-27)30(36)31(28(34)10-6-7-11-29(35)38-2)41-26-15-13-25(14-16-26)40-24-8-4-3-5-9-24/h3-5,8-9,12-21,31,33H,6-7,10-11H2,1-2H3. The van der Waals surface area contributed by atoms with Gasteiger partial charge in [-0.05, 0) is 80.4 Å². The number of hydrogen-bond acceptors (Lipinski definition) is 8. The number of benzene rings is 3. The van der Waals surface area contributed by atoms with Gasteiger partial charge in [0.2, 0.25) is 11.9 Å². The van der Waals surface area contributed by atoms with E-state index in [4.69, 9.17) is 14.2 Å². The van der Waals surface area contributed by atoms with E-state index >= 15 is 0 Å². The van der Waals surface area contributed by atoms with Gasteiger partial charge in [-0.15, -0.1) is 0 Å². The number of ketones is 2. The van der Waals surface area contributed by atoms with E-state index in [9.17, 15) is 19.2 Å². The largest absolute Gasteiger partial charge is 0.475 e. The molecule has 3 aromatic carbocycles. The summed E-state index contributed by atoms with van der Waals surface area (Å²) in [7, 11) is 1.30. The Morgan fingerprint density at radius 2 is 1.49 bits per heavy atom. The molecule has 0 aliphatic rings. The first-order chi connectivity index (χ1) is 19.8. The highest BCUT2D eigenvalue weighted by molar-refractivity contribution is 6.08. The number of para-hydroxylation sites is 1. The Morgan fingerprint density at radius 3 is 2.22 bits per heavy atom. The molecule has 212 valence electrons. The number of unbranched alkanes of at least 4 members (excludes halogenated alkanes) is 1. The van der Waals surface area contributed by atoms with Crippen molar-refractivity contribution in [3.63, 3.8) is 0 Å². The van der Waals surface area contributed by atoms with Crippen molar-refractivity contribution in [2.24, 2.45) is 0 Å². The van der Waals surface area contributed by atoms with Crippen LogP contribution in [-0.4, -0.2) is 47.8 Å². The predicted octanol–water partition coefficient (Wildman–Crippen LogP) is 5.82. The predicted molar refractivity (Wildman–Crippen MR) is 151 cm³/mol. The smallest absolute Gasteiger partial charge is 0.338 e. The summed E-state index contributed by atoms with van der Waals surface area (Å²) in [6.07, 6.45) is -0.0882. The van der Waals surface area contributed by atoms with E-state index in [-0.39, 0.29) is 30.1 Å². The number of Topliss-reactive ketones (excluding diaryl/α,β-unsaturated/α-hetero) is 2. The van der Waals surface area contributed by atoms with Gasteiger partial charge in [-0.25, -0.2) is 4.79 Å². The van der Waals surface area contributed by atoms with Crippen LogP contribution >= 0.6 is 0 Å². The van der Waals surface area contributed by atoms with Crippen LogP contribution in [0.5, 0.6) is 17.2 Å². The number of fused-ring (bicyclic) bond motifs is 1. The molecule has 1 aromatic heterocycles. The molecule has 2 atom stereocenters. The first-order valence-electron chi connectivity index (χ1n) is 13.2. The molecule has 0 amide bonds. The molecule has 1 N–H and O–H groups in total. The van der Waals surface area contributed by atoms with Crippen molar-refractivity contribution in [1.29, 1.82) is 0 Å². The lowest BCUT2D eigenvalue weighted by molar-refractivity contribution is -0.143. The van der Waals surface area contributed by atoms with Gasteiger partial charge >= 0.3 is 11.9 Å². The molecule has 1 heterocycles. The number of aromatic nitrogens is 1. The molecule has 0 bridgehead atoms. The third-order valence-electron chi connectivity index (χ3n) is 6.36. The Hall–Kier alpha value is -4.92. The maximum absolute atomic E-state index is 13.4. The summed E-state index contributed by atoms with van der Waals surface area (Å²) in [5.41, 5.74) is 1.13. The molecule has 4 rings (SSSR count). The third kappa shape index (κ3) is 8.04. The van der Waals surface area contributed by atoms with Crippen molar-refractivity contribution < 1.29 is 38.1 Å². The summed E-state index contributed by atoms with van der Waals surface area (Å²) in [6.45, 7) is 1.41. The molecule has 0 radical (unpaired) electrons. The van der Waals surface area contributed by atoms with E-state index in [0.29, 0.717) is 24.3 Å². The van der Waals surface area contributed by atoms with Crippen LogP contribution in [0.3, 0.4) is 0 Å². The van der Waals surface area contributed by atoms with Crippen molar-refractivity contribution in [3.8, 4) is 17.2 Å². The minimum atomic E-state index is -1.51. The van der Waals surface area contributed by atoms with E-state index in [1.807, 2.05) is 36.4 Å². The average molecular weight is 558 g/mol. The number of carbonyl (C=O) groups is 4. The van der Waals surface area contributed by atoms with Crippen LogP contribution < -0.4 is 9.47 Å². The van der Waals surface area contributed by atoms with E-state index in [2.05, 4.69) is 9.72 Å². The van der Waals surface area contributed by atoms with Crippen LogP contribution in [0, 0.1) is 0 Å². The topological polar surface area (TPSA) is 121 Å². The number of methoxy groups -OCH3 is 1. The fourth-order valence-corrected chi connectivity index (χ4v) is 4.11. The molecular weight excluding hydrogens is 526 g/mol. The minimum Gasteiger partial charge on any atom is -0.475 e. The Morgan fingerprint density at radius 1 is 0.805 bits per heavy atom. The Balaban J connectivity index is 1.44. The van der Waals surface area contributed by atoms with E-state index in [1.165, 1.54) is 14.0 Å². The lowest BCUT2D eigenvalue weighted by Crippen LogP contribution is -2.42. The first-order valence-corrected chi connectivity index (χ1v) is 13.2. The highest BCUT2D eigenvalue weighted by Gasteiger charge is 2.34. The van der Waals surface area contributed by atoms with Gasteiger partial charge < -0.3 is 23.9 Å². The van der Waals surface area contributed by atoms with Crippen LogP contribution in [0.4, 0.5) is 0 Å². The van der Waals surface area contributed by atoms with Gasteiger partial charge in [0.25, 0.3) is 0 Å². The summed E-state index contributed by atoms with van der Waals surface area (Å²) >= 11 is 0. The Labute approximate surface area is 237 Å². The van der Waals surface area contributed by atoms with Crippen molar-refractivity contribution in [3.05, 3.63) is 90.6 Å². The number of H-pyrrole nitrogens is 1. The Kier molecular flexibility index (Phi) is 9.88. The third-order valence-corrected chi connectivity index (χ3v) is 6.36. The molecule has 9 heteroatoms. The van der Waals surface area contributed by atoms with Crippen molar-refractivity contribution in [1.82, 2.24) is 4.98 Å². The summed E-state index contributed by atoms with van der Waals surface area (Å²) in [4.78, 5) is 53.8. The highest BCUT2D eigenvalue weighted by Crippen LogP contribution is 2.25. The number of rotatable bonds is 14. The van der Waals surface area contributed by atoms with Crippen LogP contribution in [-0.2, 0) is 23.9 Å². The maximum atomic E-state index is 13.4. The number of esters is 2. The fourth-order valence-electron chi connectivity index (χ4n) is 4.11. The second-order valence-corrected chi connectivity index (χ2v) is 9.36. The van der Waals surface area contributed by atoms with Gasteiger partial charge in [-0.2, -0.15) is 0 Å². The molecule has 0 fully saturated rings. The maximum Gasteiger partial charge on any atom is 0.338 e. The highest BCUT2D eigenvalue weighted by atomic mass is 16.6. The number of carbonyl (C=O) groups excluding carboxylic acids is 4. The molecule has 41 heavy (non-hydrogen) atoms. The number of aromatic amines is 1. The van der Waals surface area contributed by atoms with Crippen molar-refractivity contribution in [2.75, 3.05) is 7.11 Å². The van der Waals surface area contributed by atoms with Crippen molar-refractivity contribution >= 4 is 34.4 Å². The molecule has 9 nitrogen and oxygen atoms in total. The van der Waals surface area contributed by atoms with Crippen LogP contribution in [0.15, 0.2) is 85.1 Å². The van der Waals surface area contributed by atoms with Gasteiger partial charge in [-0.3, -0.25) is 14.4 Å². The Bertz CT molecular complexity index is 1490. The zero-order chi connectivity index (χ0) is 29.2. The monoisotopic (exact) mass is 557 g/mol. The summed E-state index contributed by atoms with van der Waals surface area (Å²) in [5, 5.41) is 0.821. The second-order valence-electron chi connectivity index (χ2n) is 9.36. The molecule has 0 aliphatic heterocycles. The quantitative estimate of drug-likeness (QED) is 0.117. The van der Waals surface area contributed by atoms with E-state index in [0.717, 1.165) is 10.9 Å². The van der Waals surface area contributed by atoms with Gasteiger partial charge in [0.15, 0.2) is 11.9 Å². The molecule has 0 aliphatic carbocycles. The first kappa shape index (κ1) is 29.1. The van der Waals surface area contributed by atoms with Crippen LogP contribution in [0.2, 0.25) is 0 Å². The molecule has 2 unspecified atom stereocenters. The van der Waals surface area contributed by atoms with E-state index in [1.54, 1.807) is 48.7 Å². The van der Waals surface area contributed by atoms with Crippen LogP contribution in [0.1, 0.15) is 43.0 Å². The van der Waals surface area contributed by atoms with Gasteiger partial charge in [0.05, 0.1) is 12.7 Å². The minimum absolute atomic E-state index is 0.00652. The molecule has 4 aromatic rings. The molecular formula is C32H31NO8. The van der Waals surface area contributed by atoms with Gasteiger partial charge in [0.1, 0.15) is 17.2 Å². The SMILES string of the molecule is COC(=O)CCCCC(=O)C(Oc1ccc(Oc2ccccc2)cc1)C(=O)C(C)OC(=O)c1ccc2[nH]ccc2c1. The summed E-state index contributed by atoms with van der Waals surface area (Å²) in [6, 6.07) is 22.5. The second kappa shape index (κ2) is 13.9. The lowest BCUT2D eigenvalue weighted by Gasteiger charge is -2.21. The van der Waals surface area contributed by atoms with E-state index < -0.39 is 29.7 Å². The molecule has 0 saturated carbocycles. The molecule has 0 spiro atoms. The summed E-state index contributed by atoms with van der Waals surface area (Å²) < 4.78 is 21.7. The fraction of sp³-hybridized carbons (Fsp3) is 0.250.